The van der Waals surface area contributed by atoms with Gasteiger partial charge in [-0.05, 0) is 31.7 Å². The minimum Gasteiger partial charge on any atom is -0.335 e. The predicted octanol–water partition coefficient (Wildman–Crippen LogP) is 3.30. The molecule has 2 nitrogen and oxygen atoms in total. The van der Waals surface area contributed by atoms with E-state index in [1.165, 1.54) is 17.8 Å². The third-order valence-electron chi connectivity index (χ3n) is 3.43. The van der Waals surface area contributed by atoms with Gasteiger partial charge in [0.05, 0.1) is 4.88 Å². The second-order valence-electron chi connectivity index (χ2n) is 4.53. The van der Waals surface area contributed by atoms with Gasteiger partial charge >= 0.3 is 0 Å². The Balaban J connectivity index is 2.15. The Hall–Kier alpha value is -0.480. The Labute approximate surface area is 106 Å². The van der Waals surface area contributed by atoms with E-state index in [9.17, 15) is 4.79 Å². The first kappa shape index (κ1) is 12.0. The largest absolute Gasteiger partial charge is 0.335 e. The summed E-state index contributed by atoms with van der Waals surface area (Å²) in [6.07, 6.45) is 2.35. The van der Waals surface area contributed by atoms with Crippen molar-refractivity contribution in [1.29, 1.82) is 0 Å². The first-order valence-electron chi connectivity index (χ1n) is 5.68. The molecule has 2 heterocycles. The Kier molecular flexibility index (Phi) is 3.60. The highest BCUT2D eigenvalue weighted by molar-refractivity contribution is 7.80. The molecule has 0 spiro atoms. The van der Waals surface area contributed by atoms with Crippen LogP contribution in [0.25, 0.3) is 0 Å². The van der Waals surface area contributed by atoms with Gasteiger partial charge in [0, 0.05) is 22.9 Å². The number of nitrogens with zero attached hydrogens (tertiary/aromatic N) is 1. The van der Waals surface area contributed by atoms with Crippen molar-refractivity contribution >= 4 is 29.9 Å². The molecule has 1 aromatic heterocycles. The van der Waals surface area contributed by atoms with Crippen LogP contribution in [0.3, 0.4) is 0 Å². The molecule has 1 aliphatic rings. The minimum absolute atomic E-state index is 0.171. The van der Waals surface area contributed by atoms with Crippen LogP contribution < -0.4 is 0 Å². The zero-order valence-electron chi connectivity index (χ0n) is 9.64. The lowest BCUT2D eigenvalue weighted by atomic mass is 9.92. The van der Waals surface area contributed by atoms with Crippen molar-refractivity contribution in [3.63, 3.8) is 0 Å². The summed E-state index contributed by atoms with van der Waals surface area (Å²) in [6.45, 7) is 5.27. The van der Waals surface area contributed by atoms with E-state index in [1.54, 1.807) is 0 Å². The molecule has 16 heavy (non-hydrogen) atoms. The molecule has 0 aliphatic carbocycles. The second-order valence-corrected chi connectivity index (χ2v) is 5.96. The molecule has 2 rings (SSSR count). The fourth-order valence-corrected chi connectivity index (χ4v) is 3.31. The van der Waals surface area contributed by atoms with Crippen molar-refractivity contribution in [2.24, 2.45) is 5.92 Å². The van der Waals surface area contributed by atoms with Crippen molar-refractivity contribution in [3.8, 4) is 0 Å². The minimum atomic E-state index is 0.171. The molecular weight excluding hydrogens is 238 g/mol. The summed E-state index contributed by atoms with van der Waals surface area (Å²) in [4.78, 5) is 16.0. The average molecular weight is 255 g/mol. The molecule has 1 saturated heterocycles. The molecule has 0 N–H and O–H groups in total. The van der Waals surface area contributed by atoms with Gasteiger partial charge in [0.1, 0.15) is 0 Å². The van der Waals surface area contributed by atoms with Crippen LogP contribution in [-0.4, -0.2) is 23.4 Å². The van der Waals surface area contributed by atoms with Crippen molar-refractivity contribution in [2.45, 2.75) is 37.6 Å². The van der Waals surface area contributed by atoms with E-state index < -0.39 is 0 Å². The van der Waals surface area contributed by atoms with Crippen LogP contribution in [-0.2, 0) is 0 Å². The van der Waals surface area contributed by atoms with Crippen LogP contribution in [0.15, 0.2) is 16.3 Å². The van der Waals surface area contributed by atoms with E-state index >= 15 is 0 Å². The van der Waals surface area contributed by atoms with Gasteiger partial charge in [-0.15, -0.1) is 24.0 Å². The zero-order chi connectivity index (χ0) is 11.7. The Bertz CT molecular complexity index is 388. The standard InChI is InChI=1S/C12H17NOS2/c1-8-4-3-5-13(9(8)2)12(14)11-6-10(15)7-16-11/h6-9,15H,3-5H2,1-2H3. The molecule has 0 radical (unpaired) electrons. The van der Waals surface area contributed by atoms with Crippen molar-refractivity contribution in [3.05, 3.63) is 16.3 Å². The summed E-state index contributed by atoms with van der Waals surface area (Å²) in [7, 11) is 0. The van der Waals surface area contributed by atoms with E-state index in [1.807, 2.05) is 16.3 Å². The van der Waals surface area contributed by atoms with Crippen molar-refractivity contribution in [2.75, 3.05) is 6.54 Å². The van der Waals surface area contributed by atoms with Gasteiger partial charge in [-0.25, -0.2) is 0 Å². The number of carbonyl (C=O) groups excluding carboxylic acids is 1. The fourth-order valence-electron chi connectivity index (χ4n) is 2.20. The van der Waals surface area contributed by atoms with E-state index in [2.05, 4.69) is 26.5 Å². The summed E-state index contributed by atoms with van der Waals surface area (Å²) in [5.74, 6) is 0.775. The van der Waals surface area contributed by atoms with Crippen LogP contribution in [0.2, 0.25) is 0 Å². The smallest absolute Gasteiger partial charge is 0.264 e. The number of likely N-dealkylation sites (tertiary alicyclic amines) is 1. The summed E-state index contributed by atoms with van der Waals surface area (Å²) < 4.78 is 0. The molecule has 0 aromatic carbocycles. The highest BCUT2D eigenvalue weighted by Gasteiger charge is 2.29. The Morgan fingerprint density at radius 3 is 2.94 bits per heavy atom. The third kappa shape index (κ3) is 2.28. The molecule has 1 fully saturated rings. The van der Waals surface area contributed by atoms with Gasteiger partial charge in [-0.3, -0.25) is 4.79 Å². The molecule has 0 bridgehead atoms. The van der Waals surface area contributed by atoms with E-state index in [0.717, 1.165) is 22.7 Å². The quantitative estimate of drug-likeness (QED) is 0.763. The maximum Gasteiger partial charge on any atom is 0.264 e. The van der Waals surface area contributed by atoms with Gasteiger partial charge in [0.25, 0.3) is 5.91 Å². The monoisotopic (exact) mass is 255 g/mol. The maximum absolute atomic E-state index is 12.3. The molecular formula is C12H17NOS2. The van der Waals surface area contributed by atoms with Gasteiger partial charge < -0.3 is 4.90 Å². The average Bonchev–Trinajstić information content (AvgIpc) is 2.68. The maximum atomic E-state index is 12.3. The van der Waals surface area contributed by atoms with Gasteiger partial charge in [0.15, 0.2) is 0 Å². The van der Waals surface area contributed by atoms with E-state index in [0.29, 0.717) is 12.0 Å². The highest BCUT2D eigenvalue weighted by Crippen LogP contribution is 2.26. The lowest BCUT2D eigenvalue weighted by molar-refractivity contribution is 0.0556. The first-order valence-corrected chi connectivity index (χ1v) is 7.00. The molecule has 1 aromatic rings. The SMILES string of the molecule is CC1CCCN(C(=O)c2cc(S)cs2)C1C. The Morgan fingerprint density at radius 2 is 2.31 bits per heavy atom. The van der Waals surface area contributed by atoms with Crippen LogP contribution >= 0.6 is 24.0 Å². The molecule has 1 amide bonds. The number of amides is 1. The highest BCUT2D eigenvalue weighted by atomic mass is 32.1. The number of piperidine rings is 1. The van der Waals surface area contributed by atoms with Crippen molar-refractivity contribution < 1.29 is 4.79 Å². The number of rotatable bonds is 1. The predicted molar refractivity (Wildman–Crippen MR) is 70.5 cm³/mol. The fraction of sp³-hybridized carbons (Fsp3) is 0.583. The summed E-state index contributed by atoms with van der Waals surface area (Å²) in [5.41, 5.74) is 0. The third-order valence-corrected chi connectivity index (χ3v) is 4.78. The van der Waals surface area contributed by atoms with Gasteiger partial charge in [-0.1, -0.05) is 6.92 Å². The zero-order valence-corrected chi connectivity index (χ0v) is 11.4. The lowest BCUT2D eigenvalue weighted by Gasteiger charge is -2.37. The number of thiol groups is 1. The molecule has 1 aliphatic heterocycles. The second kappa shape index (κ2) is 4.80. The Morgan fingerprint density at radius 1 is 1.56 bits per heavy atom. The topological polar surface area (TPSA) is 20.3 Å². The molecule has 2 atom stereocenters. The van der Waals surface area contributed by atoms with Crippen LogP contribution in [0.5, 0.6) is 0 Å². The van der Waals surface area contributed by atoms with Crippen LogP contribution in [0.1, 0.15) is 36.4 Å². The molecule has 88 valence electrons. The molecule has 0 saturated carbocycles. The number of hydrogen-bond acceptors (Lipinski definition) is 3. The summed E-state index contributed by atoms with van der Waals surface area (Å²) >= 11 is 5.73. The summed E-state index contributed by atoms with van der Waals surface area (Å²) in [6, 6.07) is 2.22. The number of carbonyl (C=O) groups is 1. The van der Waals surface area contributed by atoms with Gasteiger partial charge in [-0.2, -0.15) is 0 Å². The van der Waals surface area contributed by atoms with E-state index in [-0.39, 0.29) is 5.91 Å². The van der Waals surface area contributed by atoms with Crippen molar-refractivity contribution in [1.82, 2.24) is 4.90 Å². The van der Waals surface area contributed by atoms with Crippen LogP contribution in [0.4, 0.5) is 0 Å². The molecule has 2 unspecified atom stereocenters. The van der Waals surface area contributed by atoms with Gasteiger partial charge in [0.2, 0.25) is 0 Å². The van der Waals surface area contributed by atoms with E-state index in [4.69, 9.17) is 0 Å². The number of hydrogen-bond donors (Lipinski definition) is 1. The first-order chi connectivity index (χ1) is 7.59. The van der Waals surface area contributed by atoms with Crippen LogP contribution in [0, 0.1) is 5.92 Å². The number of thiophene rings is 1. The lowest BCUT2D eigenvalue weighted by Crippen LogP contribution is -2.45. The molecule has 4 heteroatoms. The summed E-state index contributed by atoms with van der Waals surface area (Å²) in [5, 5.41) is 1.91. The normalized spacial score (nSPS) is 25.8.